The van der Waals surface area contributed by atoms with E-state index in [4.69, 9.17) is 9.47 Å². The van der Waals surface area contributed by atoms with Crippen molar-refractivity contribution in [3.05, 3.63) is 47.5 Å². The zero-order valence-corrected chi connectivity index (χ0v) is 29.0. The molecule has 0 atom stereocenters. The summed E-state index contributed by atoms with van der Waals surface area (Å²) in [4.78, 5) is 53.6. The number of amides is 2. The number of ether oxygens (including phenoxy) is 2. The first-order valence-electron chi connectivity index (χ1n) is 14.8. The van der Waals surface area contributed by atoms with Crippen LogP contribution in [-0.4, -0.2) is 78.6 Å². The second-order valence-electron chi connectivity index (χ2n) is 10.0. The van der Waals surface area contributed by atoms with Gasteiger partial charge in [0.25, 0.3) is 11.8 Å². The van der Waals surface area contributed by atoms with Crippen LogP contribution >= 0.6 is 45.1 Å². The van der Waals surface area contributed by atoms with Crippen LogP contribution in [0.25, 0.3) is 0 Å². The van der Waals surface area contributed by atoms with Crippen LogP contribution in [-0.2, 0) is 32.1 Å². The number of hydrogen-bond donors (Lipinski definition) is 1. The molecule has 1 aliphatic heterocycles. The summed E-state index contributed by atoms with van der Waals surface area (Å²) < 4.78 is 10.6. The lowest BCUT2D eigenvalue weighted by molar-refractivity contribution is -0.145. The van der Waals surface area contributed by atoms with Crippen molar-refractivity contribution in [2.45, 2.75) is 61.8 Å². The number of unbranched alkanes of at least 4 members (excludes halogenated alkanes) is 1. The van der Waals surface area contributed by atoms with Crippen molar-refractivity contribution >= 4 is 68.5 Å². The molecular weight excluding hydrogens is 637 g/mol. The Morgan fingerprint density at radius 3 is 2.39 bits per heavy atom. The van der Waals surface area contributed by atoms with E-state index in [9.17, 15) is 19.2 Å². The van der Waals surface area contributed by atoms with Gasteiger partial charge in [-0.15, -0.1) is 23.5 Å². The molecule has 2 amide bonds. The molecule has 240 valence electrons. The topological polar surface area (TPSA) is 102 Å². The Balaban J connectivity index is 1.20. The highest BCUT2D eigenvalue weighted by Crippen LogP contribution is 2.31. The number of nitrogens with zero attached hydrogens (tertiary/aromatic N) is 1. The van der Waals surface area contributed by atoms with E-state index in [1.807, 2.05) is 36.4 Å². The van der Waals surface area contributed by atoms with Gasteiger partial charge in [0, 0.05) is 59.5 Å². The van der Waals surface area contributed by atoms with Gasteiger partial charge in [0.15, 0.2) is 0 Å². The lowest BCUT2D eigenvalue weighted by atomic mass is 10.1. The fourth-order valence-electron chi connectivity index (χ4n) is 4.45. The van der Waals surface area contributed by atoms with Crippen molar-refractivity contribution in [3.63, 3.8) is 0 Å². The van der Waals surface area contributed by atoms with Crippen LogP contribution in [0.5, 0.6) is 11.5 Å². The van der Waals surface area contributed by atoms with Gasteiger partial charge in [-0.2, -0.15) is 0 Å². The Hall–Kier alpha value is -2.28. The van der Waals surface area contributed by atoms with Crippen LogP contribution in [0.2, 0.25) is 0 Å². The minimum absolute atomic E-state index is 0.234. The van der Waals surface area contributed by atoms with E-state index in [1.165, 1.54) is 10.5 Å². The Morgan fingerprint density at radius 2 is 1.61 bits per heavy atom. The fourth-order valence-corrected chi connectivity index (χ4v) is 8.57. The SMILES string of the molecule is CCc1cc(OC)ccc1SCCCC(=O)C(=O)NCCSSCCCCC(=O)C(=O)N1CCSc2ccc(OC)cc2C1. The third-order valence-electron chi connectivity index (χ3n) is 6.92. The monoisotopic (exact) mass is 678 g/mol. The molecule has 0 spiro atoms. The predicted octanol–water partition coefficient (Wildman–Crippen LogP) is 6.08. The quantitative estimate of drug-likeness (QED) is 0.0815. The fraction of sp³-hybridized carbons (Fsp3) is 0.500. The molecule has 3 rings (SSSR count). The lowest BCUT2D eigenvalue weighted by Gasteiger charge is -2.20. The van der Waals surface area contributed by atoms with Gasteiger partial charge >= 0.3 is 0 Å². The van der Waals surface area contributed by atoms with Gasteiger partial charge < -0.3 is 19.7 Å². The molecule has 1 heterocycles. The van der Waals surface area contributed by atoms with Crippen LogP contribution in [0.3, 0.4) is 0 Å². The van der Waals surface area contributed by atoms with Crippen LogP contribution in [0.15, 0.2) is 46.2 Å². The first-order chi connectivity index (χ1) is 21.4. The number of carbonyl (C=O) groups excluding carboxylic acids is 4. The number of benzene rings is 2. The summed E-state index contributed by atoms with van der Waals surface area (Å²) in [6.07, 6.45) is 3.51. The average Bonchev–Trinajstić information content (AvgIpc) is 3.27. The summed E-state index contributed by atoms with van der Waals surface area (Å²) >= 11 is 3.39. The van der Waals surface area contributed by atoms with E-state index in [-0.39, 0.29) is 24.4 Å². The molecule has 0 bridgehead atoms. The molecule has 2 aromatic carbocycles. The van der Waals surface area contributed by atoms with Crippen molar-refractivity contribution in [2.75, 3.05) is 50.3 Å². The van der Waals surface area contributed by atoms with Gasteiger partial charge in [0.2, 0.25) is 11.6 Å². The van der Waals surface area contributed by atoms with E-state index in [1.54, 1.807) is 64.2 Å². The second kappa shape index (κ2) is 20.0. The zero-order chi connectivity index (χ0) is 31.7. The van der Waals surface area contributed by atoms with Crippen molar-refractivity contribution in [1.82, 2.24) is 10.2 Å². The molecule has 0 aliphatic carbocycles. The van der Waals surface area contributed by atoms with Gasteiger partial charge in [-0.3, -0.25) is 19.2 Å². The Morgan fingerprint density at radius 1 is 0.886 bits per heavy atom. The average molecular weight is 679 g/mol. The smallest absolute Gasteiger partial charge is 0.290 e. The number of hydrogen-bond acceptors (Lipinski definition) is 10. The minimum Gasteiger partial charge on any atom is -0.497 e. The zero-order valence-electron chi connectivity index (χ0n) is 25.7. The number of nitrogens with one attached hydrogen (secondary N) is 1. The number of methoxy groups -OCH3 is 2. The van der Waals surface area contributed by atoms with Crippen LogP contribution in [0.1, 0.15) is 50.2 Å². The lowest BCUT2D eigenvalue weighted by Crippen LogP contribution is -2.37. The van der Waals surface area contributed by atoms with E-state index < -0.39 is 11.8 Å². The Labute approximate surface area is 277 Å². The number of rotatable bonds is 19. The van der Waals surface area contributed by atoms with Crippen molar-refractivity contribution < 1.29 is 28.7 Å². The minimum atomic E-state index is -0.520. The number of carbonyl (C=O) groups is 4. The van der Waals surface area contributed by atoms with Crippen molar-refractivity contribution in [3.8, 4) is 11.5 Å². The molecule has 0 saturated heterocycles. The normalized spacial score (nSPS) is 12.7. The third-order valence-corrected chi connectivity index (χ3v) is 11.7. The third kappa shape index (κ3) is 11.9. The highest BCUT2D eigenvalue weighted by Gasteiger charge is 2.24. The van der Waals surface area contributed by atoms with Gasteiger partial charge in [-0.25, -0.2) is 0 Å². The molecule has 1 aliphatic rings. The highest BCUT2D eigenvalue weighted by molar-refractivity contribution is 8.76. The Bertz CT molecular complexity index is 1280. The maximum absolute atomic E-state index is 12.8. The van der Waals surface area contributed by atoms with Crippen LogP contribution in [0, 0.1) is 0 Å². The first kappa shape index (κ1) is 36.2. The molecular formula is C32H42N2O6S4. The molecule has 0 unspecified atom stereocenters. The Kier molecular flexibility index (Phi) is 16.4. The van der Waals surface area contributed by atoms with Gasteiger partial charge in [0.1, 0.15) is 11.5 Å². The van der Waals surface area contributed by atoms with E-state index in [2.05, 4.69) is 12.2 Å². The predicted molar refractivity (Wildman–Crippen MR) is 183 cm³/mol. The maximum Gasteiger partial charge on any atom is 0.290 e. The largest absolute Gasteiger partial charge is 0.497 e. The maximum atomic E-state index is 12.8. The number of fused-ring (bicyclic) bond motifs is 1. The molecule has 12 heteroatoms. The molecule has 0 aromatic heterocycles. The van der Waals surface area contributed by atoms with Gasteiger partial charge in [0.05, 0.1) is 14.2 Å². The van der Waals surface area contributed by atoms with Gasteiger partial charge in [-0.1, -0.05) is 28.5 Å². The summed E-state index contributed by atoms with van der Waals surface area (Å²) in [6.45, 7) is 3.50. The summed E-state index contributed by atoms with van der Waals surface area (Å²) in [5, 5.41) is 2.71. The van der Waals surface area contributed by atoms with E-state index in [0.717, 1.165) is 52.1 Å². The summed E-state index contributed by atoms with van der Waals surface area (Å²) in [7, 11) is 6.56. The summed E-state index contributed by atoms with van der Waals surface area (Å²) in [5.41, 5.74) is 2.22. The standard InChI is InChI=1S/C32H42N2O6S4/c1-4-23-20-25(39-2)10-12-29(23)41-16-7-9-27(35)31(37)33-14-18-44-43-17-6-5-8-28(36)32(38)34-15-19-42-30-13-11-26(40-3)21-24(30)22-34/h10-13,20-21H,4-9,14-19,22H2,1-3H3,(H,33,37). The number of ketones is 2. The molecule has 1 N–H and O–H groups in total. The first-order valence-corrected chi connectivity index (χ1v) is 19.3. The molecule has 0 fully saturated rings. The summed E-state index contributed by atoms with van der Waals surface area (Å²) in [6, 6.07) is 11.9. The van der Waals surface area contributed by atoms with Crippen LogP contribution in [0.4, 0.5) is 0 Å². The number of Topliss-reactive ketones (excluding diaryl/α,β-unsaturated/α-hetero) is 2. The number of thioether (sulfide) groups is 2. The van der Waals surface area contributed by atoms with Crippen molar-refractivity contribution in [2.24, 2.45) is 0 Å². The van der Waals surface area contributed by atoms with Gasteiger partial charge in [-0.05, 0) is 79.0 Å². The molecule has 0 saturated carbocycles. The second-order valence-corrected chi connectivity index (χ2v) is 15.0. The van der Waals surface area contributed by atoms with Crippen molar-refractivity contribution in [1.29, 1.82) is 0 Å². The molecule has 0 radical (unpaired) electrons. The highest BCUT2D eigenvalue weighted by atomic mass is 33.1. The van der Waals surface area contributed by atoms with E-state index >= 15 is 0 Å². The number of aryl methyl sites for hydroxylation is 1. The molecule has 44 heavy (non-hydrogen) atoms. The van der Waals surface area contributed by atoms with Crippen LogP contribution < -0.4 is 14.8 Å². The molecule has 2 aromatic rings. The summed E-state index contributed by atoms with van der Waals surface area (Å²) in [5.74, 6) is 3.00. The van der Waals surface area contributed by atoms with E-state index in [0.29, 0.717) is 38.2 Å². The molecule has 8 nitrogen and oxygen atoms in total.